The SMILES string of the molecule is Cc1c(NC(=O)c2cc(C(N)=O)nc3cc(F)ccc23)c(C(F)(F)F)nn1Cc1ccc(OC(F)(F)F)cc1. The molecule has 0 aliphatic rings. The number of ether oxygens (including phenoxy) is 1. The summed E-state index contributed by atoms with van der Waals surface area (Å²) < 4.78 is 97.1. The molecular weight excluding hydrogens is 539 g/mol. The molecule has 0 radical (unpaired) electrons. The van der Waals surface area contributed by atoms with Crippen LogP contribution in [0.3, 0.4) is 0 Å². The van der Waals surface area contributed by atoms with E-state index in [1.54, 1.807) is 0 Å². The average Bonchev–Trinajstić information content (AvgIpc) is 3.13. The largest absolute Gasteiger partial charge is 0.573 e. The average molecular weight is 555 g/mol. The number of anilines is 1. The Morgan fingerprint density at radius 2 is 1.69 bits per heavy atom. The van der Waals surface area contributed by atoms with E-state index in [2.05, 4.69) is 20.1 Å². The van der Waals surface area contributed by atoms with Crippen molar-refractivity contribution in [2.24, 2.45) is 5.73 Å². The highest BCUT2D eigenvalue weighted by Crippen LogP contribution is 2.36. The number of alkyl halides is 6. The van der Waals surface area contributed by atoms with E-state index in [0.717, 1.165) is 35.0 Å². The maximum Gasteiger partial charge on any atom is 0.573 e. The van der Waals surface area contributed by atoms with Crippen LogP contribution in [-0.4, -0.2) is 32.9 Å². The minimum absolute atomic E-state index is 0.0404. The van der Waals surface area contributed by atoms with Gasteiger partial charge in [0.05, 0.1) is 29.0 Å². The third-order valence-corrected chi connectivity index (χ3v) is 5.47. The highest BCUT2D eigenvalue weighted by atomic mass is 19.4. The van der Waals surface area contributed by atoms with Gasteiger partial charge in [0.2, 0.25) is 0 Å². The molecule has 0 fully saturated rings. The second-order valence-electron chi connectivity index (χ2n) is 8.19. The van der Waals surface area contributed by atoms with Gasteiger partial charge in [0, 0.05) is 11.5 Å². The lowest BCUT2D eigenvalue weighted by Crippen LogP contribution is -2.19. The van der Waals surface area contributed by atoms with E-state index in [4.69, 9.17) is 5.73 Å². The number of nitrogens with zero attached hydrogens (tertiary/aromatic N) is 3. The first-order valence-electron chi connectivity index (χ1n) is 10.8. The first-order chi connectivity index (χ1) is 18.1. The molecule has 0 aliphatic carbocycles. The Labute approximate surface area is 214 Å². The highest BCUT2D eigenvalue weighted by Gasteiger charge is 2.39. The second-order valence-corrected chi connectivity index (χ2v) is 8.19. The number of hydrogen-bond donors (Lipinski definition) is 2. The molecule has 0 saturated heterocycles. The predicted molar refractivity (Wildman–Crippen MR) is 122 cm³/mol. The molecule has 8 nitrogen and oxygen atoms in total. The molecule has 0 saturated carbocycles. The molecule has 39 heavy (non-hydrogen) atoms. The molecule has 204 valence electrons. The van der Waals surface area contributed by atoms with Gasteiger partial charge in [-0.15, -0.1) is 13.2 Å². The van der Waals surface area contributed by atoms with E-state index < -0.39 is 53.0 Å². The lowest BCUT2D eigenvalue weighted by molar-refractivity contribution is -0.274. The summed E-state index contributed by atoms with van der Waals surface area (Å²) in [5, 5.41) is 5.75. The molecule has 4 aromatic rings. The number of amides is 2. The number of nitrogens with two attached hydrogens (primary N) is 1. The van der Waals surface area contributed by atoms with Crippen molar-refractivity contribution in [2.45, 2.75) is 26.0 Å². The van der Waals surface area contributed by atoms with E-state index in [9.17, 15) is 40.3 Å². The van der Waals surface area contributed by atoms with Crippen LogP contribution in [0.5, 0.6) is 5.75 Å². The molecule has 4 rings (SSSR count). The molecule has 2 amide bonds. The smallest absolute Gasteiger partial charge is 0.406 e. The highest BCUT2D eigenvalue weighted by molar-refractivity contribution is 6.14. The quantitative estimate of drug-likeness (QED) is 0.318. The van der Waals surface area contributed by atoms with Crippen molar-refractivity contribution in [3.8, 4) is 5.75 Å². The maximum atomic E-state index is 13.8. The van der Waals surface area contributed by atoms with Gasteiger partial charge in [-0.2, -0.15) is 18.3 Å². The molecule has 0 atom stereocenters. The molecule has 15 heteroatoms. The number of halogens is 7. The summed E-state index contributed by atoms with van der Waals surface area (Å²) in [6.45, 7) is 0.953. The fourth-order valence-corrected chi connectivity index (χ4v) is 3.71. The molecule has 0 bridgehead atoms. The normalized spacial score (nSPS) is 12.0. The van der Waals surface area contributed by atoms with Crippen LogP contribution in [0.1, 0.15) is 37.8 Å². The minimum atomic E-state index is -5.01. The Bertz CT molecular complexity index is 1580. The molecule has 0 aliphatic heterocycles. The summed E-state index contributed by atoms with van der Waals surface area (Å²) >= 11 is 0. The first kappa shape index (κ1) is 27.3. The Kier molecular flexibility index (Phi) is 6.93. The lowest BCUT2D eigenvalue weighted by atomic mass is 10.1. The van der Waals surface area contributed by atoms with Gasteiger partial charge in [-0.3, -0.25) is 14.3 Å². The Hall–Kier alpha value is -4.69. The first-order valence-corrected chi connectivity index (χ1v) is 10.8. The van der Waals surface area contributed by atoms with E-state index in [1.807, 2.05) is 0 Å². The van der Waals surface area contributed by atoms with Crippen LogP contribution in [0.2, 0.25) is 0 Å². The molecule has 2 aromatic carbocycles. The van der Waals surface area contributed by atoms with Gasteiger partial charge < -0.3 is 15.8 Å². The number of primary amides is 1. The van der Waals surface area contributed by atoms with Crippen molar-refractivity contribution in [1.29, 1.82) is 0 Å². The number of benzene rings is 2. The van der Waals surface area contributed by atoms with E-state index in [-0.39, 0.29) is 34.3 Å². The van der Waals surface area contributed by atoms with Crippen LogP contribution in [0.25, 0.3) is 10.9 Å². The van der Waals surface area contributed by atoms with Gasteiger partial charge in [-0.05, 0) is 42.8 Å². The second kappa shape index (κ2) is 9.89. The van der Waals surface area contributed by atoms with Gasteiger partial charge in [0.15, 0.2) is 5.69 Å². The number of aromatic nitrogens is 3. The topological polar surface area (TPSA) is 112 Å². The van der Waals surface area contributed by atoms with Crippen LogP contribution >= 0.6 is 0 Å². The van der Waals surface area contributed by atoms with Gasteiger partial charge in [-0.25, -0.2) is 9.37 Å². The number of nitrogens with one attached hydrogen (secondary N) is 1. The van der Waals surface area contributed by atoms with Gasteiger partial charge in [0.1, 0.15) is 17.3 Å². The number of pyridine rings is 1. The molecule has 2 aromatic heterocycles. The Balaban J connectivity index is 1.70. The summed E-state index contributed by atoms with van der Waals surface area (Å²) in [5.41, 5.74) is 2.41. The standard InChI is InChI=1S/C24H16F7N5O3/c1-11-19(34-22(38)16-9-18(21(32)37)33-17-8-13(25)4-7-15(16)17)20(23(26,27)28)35-36(11)10-12-2-5-14(6-3-12)39-24(29,30)31/h2-9H,10H2,1H3,(H2,32,37)(H,34,38). The van der Waals surface area contributed by atoms with Crippen molar-refractivity contribution in [3.05, 3.63) is 82.6 Å². The van der Waals surface area contributed by atoms with E-state index in [1.165, 1.54) is 25.1 Å². The zero-order valence-electron chi connectivity index (χ0n) is 19.6. The monoisotopic (exact) mass is 555 g/mol. The summed E-state index contributed by atoms with van der Waals surface area (Å²) in [6.07, 6.45) is -9.92. The number of rotatable bonds is 6. The van der Waals surface area contributed by atoms with Crippen molar-refractivity contribution in [2.75, 3.05) is 5.32 Å². The van der Waals surface area contributed by atoms with E-state index in [0.29, 0.717) is 0 Å². The number of carbonyl (C=O) groups excluding carboxylic acids is 2. The van der Waals surface area contributed by atoms with Crippen LogP contribution in [0.15, 0.2) is 48.5 Å². The summed E-state index contributed by atoms with van der Waals surface area (Å²) in [4.78, 5) is 28.7. The van der Waals surface area contributed by atoms with Gasteiger partial charge >= 0.3 is 12.5 Å². The van der Waals surface area contributed by atoms with Crippen LogP contribution in [0.4, 0.5) is 36.4 Å². The lowest BCUT2D eigenvalue weighted by Gasteiger charge is -2.12. The van der Waals surface area contributed by atoms with E-state index >= 15 is 0 Å². The third kappa shape index (κ3) is 6.08. The summed E-state index contributed by atoms with van der Waals surface area (Å²) in [5.74, 6) is -3.40. The molecular formula is C24H16F7N5O3. The van der Waals surface area contributed by atoms with Gasteiger partial charge in [-0.1, -0.05) is 12.1 Å². The maximum absolute atomic E-state index is 13.8. The Morgan fingerprint density at radius 1 is 1.03 bits per heavy atom. The van der Waals surface area contributed by atoms with Crippen LogP contribution < -0.4 is 15.8 Å². The Morgan fingerprint density at radius 3 is 2.28 bits per heavy atom. The molecule has 0 spiro atoms. The van der Waals surface area contributed by atoms with Crippen molar-refractivity contribution in [1.82, 2.24) is 14.8 Å². The third-order valence-electron chi connectivity index (χ3n) is 5.47. The predicted octanol–water partition coefficient (Wildman–Crippen LogP) is 5.20. The number of fused-ring (bicyclic) bond motifs is 1. The molecule has 0 unspecified atom stereocenters. The van der Waals surface area contributed by atoms with Crippen molar-refractivity contribution in [3.63, 3.8) is 0 Å². The van der Waals surface area contributed by atoms with Crippen LogP contribution in [-0.2, 0) is 12.7 Å². The zero-order chi connectivity index (χ0) is 28.7. The van der Waals surface area contributed by atoms with Crippen molar-refractivity contribution < 1.29 is 45.1 Å². The number of carbonyl (C=O) groups is 2. The van der Waals surface area contributed by atoms with Crippen molar-refractivity contribution >= 4 is 28.4 Å². The molecule has 3 N–H and O–H groups in total. The summed E-state index contributed by atoms with van der Waals surface area (Å²) in [6, 6.07) is 8.46. The zero-order valence-corrected chi connectivity index (χ0v) is 19.6. The fraction of sp³-hybridized carbons (Fsp3) is 0.167. The molecule has 2 heterocycles. The fourth-order valence-electron chi connectivity index (χ4n) is 3.71. The minimum Gasteiger partial charge on any atom is -0.406 e. The van der Waals surface area contributed by atoms with Crippen LogP contribution in [0, 0.1) is 12.7 Å². The number of hydrogen-bond acceptors (Lipinski definition) is 5. The summed E-state index contributed by atoms with van der Waals surface area (Å²) in [7, 11) is 0. The van der Waals surface area contributed by atoms with Gasteiger partial charge in [0.25, 0.3) is 11.8 Å².